The van der Waals surface area contributed by atoms with Crippen LogP contribution in [0.3, 0.4) is 0 Å². The molecule has 8 nitrogen and oxygen atoms in total. The molecule has 2 aromatic rings. The molecule has 0 saturated carbocycles. The Labute approximate surface area is 157 Å². The first kappa shape index (κ1) is 18.8. The second-order valence-electron chi connectivity index (χ2n) is 6.02. The van der Waals surface area contributed by atoms with Gasteiger partial charge in [-0.1, -0.05) is 30.3 Å². The summed E-state index contributed by atoms with van der Waals surface area (Å²) < 4.78 is 16.5. The van der Waals surface area contributed by atoms with Crippen LogP contribution in [0.2, 0.25) is 0 Å². The highest BCUT2D eigenvalue weighted by molar-refractivity contribution is 5.84. The van der Waals surface area contributed by atoms with Crippen LogP contribution >= 0.6 is 0 Å². The van der Waals surface area contributed by atoms with Crippen LogP contribution in [0, 0.1) is 0 Å². The fourth-order valence-electron chi connectivity index (χ4n) is 2.77. The molecule has 0 radical (unpaired) electrons. The molecule has 1 saturated heterocycles. The van der Waals surface area contributed by atoms with E-state index in [0.717, 1.165) is 0 Å². The van der Waals surface area contributed by atoms with E-state index >= 15 is 0 Å². The van der Waals surface area contributed by atoms with Crippen LogP contribution in [0.5, 0.6) is 6.01 Å². The maximum absolute atomic E-state index is 13.0. The first-order valence-electron chi connectivity index (χ1n) is 8.66. The summed E-state index contributed by atoms with van der Waals surface area (Å²) in [4.78, 5) is 34.1. The monoisotopic (exact) mass is 371 g/mol. The van der Waals surface area contributed by atoms with Crippen LogP contribution in [-0.4, -0.2) is 59.2 Å². The Kier molecular flexibility index (Phi) is 6.32. The molecule has 3 rings (SSSR count). The highest BCUT2D eigenvalue weighted by atomic mass is 16.6. The molecule has 1 aromatic heterocycles. The van der Waals surface area contributed by atoms with Crippen LogP contribution in [0.4, 0.5) is 0 Å². The first-order valence-corrected chi connectivity index (χ1v) is 8.66. The highest BCUT2D eigenvalue weighted by Gasteiger charge is 2.32. The van der Waals surface area contributed by atoms with Crippen LogP contribution < -0.4 is 4.74 Å². The summed E-state index contributed by atoms with van der Waals surface area (Å²) in [7, 11) is 0. The summed E-state index contributed by atoms with van der Waals surface area (Å²) in [5, 5.41) is 0. The third kappa shape index (κ3) is 5.24. The van der Waals surface area contributed by atoms with E-state index in [1.54, 1.807) is 47.6 Å². The zero-order valence-corrected chi connectivity index (χ0v) is 15.0. The Balaban J connectivity index is 1.64. The van der Waals surface area contributed by atoms with E-state index in [0.29, 0.717) is 25.3 Å². The van der Waals surface area contributed by atoms with E-state index in [2.05, 4.69) is 9.97 Å². The summed E-state index contributed by atoms with van der Waals surface area (Å²) in [6, 6.07) is 10.9. The van der Waals surface area contributed by atoms with Crippen LogP contribution in [0.15, 0.2) is 48.8 Å². The van der Waals surface area contributed by atoms with Crippen LogP contribution in [-0.2, 0) is 19.1 Å². The predicted octanol–water partition coefficient (Wildman–Crippen LogP) is 1.39. The van der Waals surface area contributed by atoms with Crippen molar-refractivity contribution in [1.82, 2.24) is 14.9 Å². The van der Waals surface area contributed by atoms with Crippen molar-refractivity contribution < 1.29 is 23.8 Å². The lowest BCUT2D eigenvalue weighted by atomic mass is 10.1. The Bertz CT molecular complexity index is 756. The number of morpholine rings is 1. The van der Waals surface area contributed by atoms with Crippen molar-refractivity contribution in [3.05, 3.63) is 54.4 Å². The lowest BCUT2D eigenvalue weighted by Crippen LogP contribution is -2.49. The average molecular weight is 371 g/mol. The van der Waals surface area contributed by atoms with Crippen molar-refractivity contribution in [3.8, 4) is 6.01 Å². The van der Waals surface area contributed by atoms with E-state index < -0.39 is 12.1 Å². The van der Waals surface area contributed by atoms with Crippen molar-refractivity contribution in [2.24, 2.45) is 0 Å². The summed E-state index contributed by atoms with van der Waals surface area (Å²) in [5.41, 5.74) is 0.634. The van der Waals surface area contributed by atoms with Crippen molar-refractivity contribution in [2.75, 3.05) is 26.3 Å². The lowest BCUT2D eigenvalue weighted by Gasteiger charge is -2.34. The molecular weight excluding hydrogens is 350 g/mol. The molecule has 0 N–H and O–H groups in total. The number of ether oxygens (including phenoxy) is 3. The molecule has 1 aliphatic heterocycles. The zero-order chi connectivity index (χ0) is 19.1. The van der Waals surface area contributed by atoms with E-state index in [-0.39, 0.29) is 24.6 Å². The highest BCUT2D eigenvalue weighted by Crippen LogP contribution is 2.22. The summed E-state index contributed by atoms with van der Waals surface area (Å²) >= 11 is 0. The second-order valence-corrected chi connectivity index (χ2v) is 6.02. The van der Waals surface area contributed by atoms with Crippen molar-refractivity contribution in [2.45, 2.75) is 19.1 Å². The number of carbonyl (C=O) groups is 2. The maximum Gasteiger partial charge on any atom is 0.316 e. The molecule has 8 heteroatoms. The van der Waals surface area contributed by atoms with Gasteiger partial charge < -0.3 is 19.1 Å². The van der Waals surface area contributed by atoms with Gasteiger partial charge in [-0.2, -0.15) is 0 Å². The van der Waals surface area contributed by atoms with Gasteiger partial charge in [0.05, 0.1) is 13.2 Å². The molecule has 2 atom stereocenters. The minimum atomic E-state index is -0.971. The van der Waals surface area contributed by atoms with Gasteiger partial charge in [-0.25, -0.2) is 9.97 Å². The fraction of sp³-hybridized carbons (Fsp3) is 0.368. The van der Waals surface area contributed by atoms with Gasteiger partial charge in [0.15, 0.2) is 0 Å². The number of nitrogens with zero attached hydrogens (tertiary/aromatic N) is 3. The molecule has 1 aromatic carbocycles. The molecule has 0 bridgehead atoms. The van der Waals surface area contributed by atoms with Crippen molar-refractivity contribution in [1.29, 1.82) is 0 Å². The molecular formula is C19H21N3O5. The second kappa shape index (κ2) is 9.09. The molecule has 27 heavy (non-hydrogen) atoms. The molecule has 2 heterocycles. The number of rotatable bonds is 6. The number of esters is 1. The van der Waals surface area contributed by atoms with Gasteiger partial charge in [-0.05, 0) is 6.07 Å². The largest absolute Gasteiger partial charge is 0.461 e. The quantitative estimate of drug-likeness (QED) is 0.709. The minimum absolute atomic E-state index is 0.220. The molecule has 1 fully saturated rings. The third-order valence-electron chi connectivity index (χ3n) is 4.00. The lowest BCUT2D eigenvalue weighted by molar-refractivity contribution is -0.163. The molecule has 0 aliphatic carbocycles. The molecule has 142 valence electrons. The smallest absolute Gasteiger partial charge is 0.316 e. The SMILES string of the molecule is CC(=O)O[C@@H](C(=O)N1CCOC(COc2ncccn2)C1)c1ccccc1. The van der Waals surface area contributed by atoms with Gasteiger partial charge in [-0.15, -0.1) is 0 Å². The van der Waals surface area contributed by atoms with Crippen molar-refractivity contribution >= 4 is 11.9 Å². The Morgan fingerprint density at radius 2 is 1.96 bits per heavy atom. The third-order valence-corrected chi connectivity index (χ3v) is 4.00. The van der Waals surface area contributed by atoms with Gasteiger partial charge in [0.2, 0.25) is 6.10 Å². The first-order chi connectivity index (χ1) is 13.1. The fourth-order valence-corrected chi connectivity index (χ4v) is 2.77. The van der Waals surface area contributed by atoms with Gasteiger partial charge in [-0.3, -0.25) is 9.59 Å². The Morgan fingerprint density at radius 3 is 2.67 bits per heavy atom. The number of aromatic nitrogens is 2. The van der Waals surface area contributed by atoms with Gasteiger partial charge >= 0.3 is 12.0 Å². The number of hydrogen-bond donors (Lipinski definition) is 0. The number of carbonyl (C=O) groups excluding carboxylic acids is 2. The van der Waals surface area contributed by atoms with Gasteiger partial charge in [0.25, 0.3) is 5.91 Å². The summed E-state index contributed by atoms with van der Waals surface area (Å²) in [6.45, 7) is 2.63. The van der Waals surface area contributed by atoms with E-state index in [1.165, 1.54) is 6.92 Å². The topological polar surface area (TPSA) is 90.9 Å². The van der Waals surface area contributed by atoms with E-state index in [9.17, 15) is 9.59 Å². The summed E-state index contributed by atoms with van der Waals surface area (Å²) in [6.07, 6.45) is 1.88. The maximum atomic E-state index is 13.0. The molecule has 0 spiro atoms. The number of benzene rings is 1. The number of amides is 1. The molecule has 1 aliphatic rings. The summed E-state index contributed by atoms with van der Waals surface area (Å²) in [5.74, 6) is -0.785. The van der Waals surface area contributed by atoms with Gasteiger partial charge in [0.1, 0.15) is 12.7 Å². The molecule has 1 amide bonds. The van der Waals surface area contributed by atoms with Crippen LogP contribution in [0.25, 0.3) is 0 Å². The van der Waals surface area contributed by atoms with E-state index in [1.807, 2.05) is 6.07 Å². The normalized spacial score (nSPS) is 17.8. The van der Waals surface area contributed by atoms with Crippen molar-refractivity contribution in [3.63, 3.8) is 0 Å². The number of hydrogen-bond acceptors (Lipinski definition) is 7. The molecule has 1 unspecified atom stereocenters. The Hall–Kier alpha value is -3.00. The predicted molar refractivity (Wildman–Crippen MR) is 94.8 cm³/mol. The zero-order valence-electron chi connectivity index (χ0n) is 15.0. The minimum Gasteiger partial charge on any atom is -0.461 e. The van der Waals surface area contributed by atoms with Gasteiger partial charge in [0, 0.05) is 31.4 Å². The van der Waals surface area contributed by atoms with E-state index in [4.69, 9.17) is 14.2 Å². The Morgan fingerprint density at radius 1 is 1.22 bits per heavy atom. The average Bonchev–Trinajstić information content (AvgIpc) is 2.71. The van der Waals surface area contributed by atoms with Crippen LogP contribution in [0.1, 0.15) is 18.6 Å². The standard InChI is InChI=1S/C19H21N3O5/c1-14(23)27-17(15-6-3-2-4-7-15)18(24)22-10-11-25-16(12-22)13-26-19-20-8-5-9-21-19/h2-9,16-17H,10-13H2,1H3/t16?,17-/m1/s1.